The first kappa shape index (κ1) is 14.0. The number of amides is 3. The van der Waals surface area contributed by atoms with Gasteiger partial charge in [-0.1, -0.05) is 15.9 Å². The minimum atomic E-state index is -4.44. The smallest absolute Gasteiger partial charge is 0.338 e. The molecule has 10 heteroatoms. The Bertz CT molecular complexity index is 790. The second-order valence-corrected chi connectivity index (χ2v) is 7.17. The average molecular weight is 375 g/mol. The second kappa shape index (κ2) is 4.53. The zero-order valence-electron chi connectivity index (χ0n) is 10.2. The number of benzene rings is 1. The van der Waals surface area contributed by atoms with Crippen LogP contribution in [0.5, 0.6) is 5.75 Å². The van der Waals surface area contributed by atoms with E-state index in [2.05, 4.69) is 15.9 Å². The van der Waals surface area contributed by atoms with Crippen LogP contribution in [0, 0.1) is 0 Å². The van der Waals surface area contributed by atoms with Gasteiger partial charge in [0, 0.05) is 4.47 Å². The molecular formula is C11H7BrN2O6S. The Morgan fingerprint density at radius 3 is 2.62 bits per heavy atom. The number of rotatable bonds is 2. The number of imide groups is 1. The normalized spacial score (nSPS) is 21.3. The lowest BCUT2D eigenvalue weighted by atomic mass is 10.1. The summed E-state index contributed by atoms with van der Waals surface area (Å²) in [5.74, 6) is -1.42. The van der Waals surface area contributed by atoms with Gasteiger partial charge in [-0.3, -0.25) is 14.9 Å². The molecule has 1 fully saturated rings. The van der Waals surface area contributed by atoms with Crippen molar-refractivity contribution in [3.63, 3.8) is 0 Å². The van der Waals surface area contributed by atoms with E-state index in [-0.39, 0.29) is 11.3 Å². The van der Waals surface area contributed by atoms with Crippen LogP contribution in [0.1, 0.15) is 10.4 Å². The average Bonchev–Trinajstić information content (AvgIpc) is 2.91. The summed E-state index contributed by atoms with van der Waals surface area (Å²) in [5.41, 5.74) is -1.76. The van der Waals surface area contributed by atoms with E-state index in [0.29, 0.717) is 8.78 Å². The highest BCUT2D eigenvalue weighted by Crippen LogP contribution is 2.34. The third-order valence-electron chi connectivity index (χ3n) is 2.99. The van der Waals surface area contributed by atoms with Gasteiger partial charge < -0.3 is 4.74 Å². The fourth-order valence-electron chi connectivity index (χ4n) is 2.03. The number of urea groups is 1. The minimum absolute atomic E-state index is 0.101. The van der Waals surface area contributed by atoms with Crippen molar-refractivity contribution in [1.82, 2.24) is 9.62 Å². The number of hydrogen-bond donors (Lipinski definition) is 1. The van der Waals surface area contributed by atoms with Crippen LogP contribution < -0.4 is 10.1 Å². The Morgan fingerprint density at radius 1 is 1.29 bits per heavy atom. The molecule has 2 heterocycles. The molecule has 2 aliphatic heterocycles. The Morgan fingerprint density at radius 2 is 2.00 bits per heavy atom. The van der Waals surface area contributed by atoms with Crippen molar-refractivity contribution in [2.24, 2.45) is 0 Å². The lowest BCUT2D eigenvalue weighted by molar-refractivity contribution is -0.118. The molecule has 1 atom stereocenters. The van der Waals surface area contributed by atoms with Crippen molar-refractivity contribution >= 4 is 43.7 Å². The van der Waals surface area contributed by atoms with Crippen LogP contribution >= 0.6 is 15.9 Å². The Kier molecular flexibility index (Phi) is 3.02. The largest absolute Gasteiger partial charge is 0.463 e. The first-order valence-corrected chi connectivity index (χ1v) is 7.96. The van der Waals surface area contributed by atoms with Crippen LogP contribution in [0.15, 0.2) is 22.7 Å². The van der Waals surface area contributed by atoms with Crippen LogP contribution in [0.4, 0.5) is 4.79 Å². The van der Waals surface area contributed by atoms with Gasteiger partial charge in [0.1, 0.15) is 12.3 Å². The summed E-state index contributed by atoms with van der Waals surface area (Å²) in [6, 6.07) is 3.38. The molecule has 0 radical (unpaired) electrons. The number of nitrogens with zero attached hydrogens (tertiary/aromatic N) is 1. The quantitative estimate of drug-likeness (QED) is 0.742. The molecule has 21 heavy (non-hydrogen) atoms. The molecule has 1 aromatic rings. The maximum absolute atomic E-state index is 12.3. The van der Waals surface area contributed by atoms with E-state index in [1.54, 1.807) is 6.07 Å². The van der Waals surface area contributed by atoms with Gasteiger partial charge in [-0.05, 0) is 18.2 Å². The first-order chi connectivity index (χ1) is 9.80. The van der Waals surface area contributed by atoms with E-state index in [1.165, 1.54) is 12.1 Å². The van der Waals surface area contributed by atoms with Gasteiger partial charge in [-0.15, -0.1) is 0 Å². The van der Waals surface area contributed by atoms with Gasteiger partial charge >= 0.3 is 6.03 Å². The summed E-state index contributed by atoms with van der Waals surface area (Å²) in [5, 5.41) is 1.84. The molecule has 1 saturated heterocycles. The van der Waals surface area contributed by atoms with Gasteiger partial charge in [0.05, 0.1) is 5.56 Å². The van der Waals surface area contributed by atoms with Gasteiger partial charge in [-0.25, -0.2) is 17.5 Å². The predicted molar refractivity (Wildman–Crippen MR) is 72.1 cm³/mol. The third-order valence-corrected chi connectivity index (χ3v) is 5.25. The number of nitrogens with one attached hydrogen (secondary N) is 1. The van der Waals surface area contributed by atoms with E-state index in [0.717, 1.165) is 0 Å². The molecule has 0 saturated carbocycles. The molecule has 8 nitrogen and oxygen atoms in total. The van der Waals surface area contributed by atoms with Crippen LogP contribution in [-0.2, 0) is 14.8 Å². The van der Waals surface area contributed by atoms with Crippen molar-refractivity contribution in [2.75, 3.05) is 6.54 Å². The van der Waals surface area contributed by atoms with Crippen molar-refractivity contribution in [2.45, 2.75) is 5.44 Å². The highest BCUT2D eigenvalue weighted by molar-refractivity contribution is 9.10. The summed E-state index contributed by atoms with van der Waals surface area (Å²) >= 11 is 3.17. The Hall–Kier alpha value is -1.94. The molecule has 0 aliphatic carbocycles. The number of ketones is 1. The maximum atomic E-state index is 12.3. The molecule has 0 aromatic heterocycles. The van der Waals surface area contributed by atoms with Crippen molar-refractivity contribution in [1.29, 1.82) is 0 Å². The highest BCUT2D eigenvalue weighted by Gasteiger charge is 2.49. The molecule has 1 unspecified atom stereocenters. The molecule has 110 valence electrons. The van der Waals surface area contributed by atoms with E-state index >= 15 is 0 Å². The van der Waals surface area contributed by atoms with Gasteiger partial charge in [0.15, 0.2) is 0 Å². The third kappa shape index (κ3) is 2.10. The summed E-state index contributed by atoms with van der Waals surface area (Å²) in [6.07, 6.45) is 0. The van der Waals surface area contributed by atoms with Crippen molar-refractivity contribution < 1.29 is 27.5 Å². The summed E-state index contributed by atoms with van der Waals surface area (Å²) in [7, 11) is -4.44. The van der Waals surface area contributed by atoms with Crippen LogP contribution in [0.25, 0.3) is 0 Å². The number of hydrogen-bond acceptors (Lipinski definition) is 6. The monoisotopic (exact) mass is 374 g/mol. The maximum Gasteiger partial charge on any atom is 0.338 e. The number of carbonyl (C=O) groups is 3. The lowest BCUT2D eigenvalue weighted by Gasteiger charge is -2.17. The van der Waals surface area contributed by atoms with Gasteiger partial charge in [-0.2, -0.15) is 0 Å². The van der Waals surface area contributed by atoms with Crippen molar-refractivity contribution in [3.8, 4) is 5.75 Å². The standard InChI is InChI=1S/C11H7BrN2O6S/c12-5-1-2-7-6(3-5)9(16)10(20-7)21(18,19)14-4-8(15)13-11(14)17/h1-3,10H,4H2,(H,13,15,17). The summed E-state index contributed by atoms with van der Waals surface area (Å²) in [4.78, 5) is 34.7. The summed E-state index contributed by atoms with van der Waals surface area (Å²) in [6.45, 7) is -0.658. The molecule has 1 aromatic carbocycles. The van der Waals surface area contributed by atoms with Gasteiger partial charge in [0.25, 0.3) is 15.5 Å². The minimum Gasteiger partial charge on any atom is -0.463 e. The fraction of sp³-hybridized carbons (Fsp3) is 0.182. The molecule has 0 spiro atoms. The molecule has 1 N–H and O–H groups in total. The number of ether oxygens (including phenoxy) is 1. The lowest BCUT2D eigenvalue weighted by Crippen LogP contribution is -2.44. The Labute approximate surface area is 127 Å². The molecular weight excluding hydrogens is 368 g/mol. The van der Waals surface area contributed by atoms with Crippen LogP contribution in [0.2, 0.25) is 0 Å². The molecule has 3 amide bonds. The zero-order chi connectivity index (χ0) is 15.4. The van der Waals surface area contributed by atoms with E-state index in [4.69, 9.17) is 4.74 Å². The van der Waals surface area contributed by atoms with Crippen LogP contribution in [0.3, 0.4) is 0 Å². The first-order valence-electron chi connectivity index (χ1n) is 5.66. The molecule has 3 rings (SSSR count). The Balaban J connectivity index is 1.98. The fourth-order valence-corrected chi connectivity index (χ4v) is 3.82. The number of sulfonamides is 1. The second-order valence-electron chi connectivity index (χ2n) is 4.36. The molecule has 2 aliphatic rings. The number of Topliss-reactive ketones (excluding diaryl/α,β-unsaturated/α-hetero) is 1. The molecule has 0 bridgehead atoms. The predicted octanol–water partition coefficient (Wildman–Crippen LogP) is 0.232. The SMILES string of the molecule is O=C1CN(S(=O)(=O)C2Oc3ccc(Br)cc3C2=O)C(=O)N1. The summed E-state index contributed by atoms with van der Waals surface area (Å²) < 4.78 is 30.7. The number of carbonyl (C=O) groups excluding carboxylic acids is 3. The van der Waals surface area contributed by atoms with Crippen LogP contribution in [-0.4, -0.2) is 42.4 Å². The highest BCUT2D eigenvalue weighted by atomic mass is 79.9. The number of fused-ring (bicyclic) bond motifs is 1. The van der Waals surface area contributed by atoms with E-state index in [1.807, 2.05) is 5.32 Å². The van der Waals surface area contributed by atoms with E-state index < -0.39 is 39.7 Å². The van der Waals surface area contributed by atoms with E-state index in [9.17, 15) is 22.8 Å². The number of halogens is 1. The van der Waals surface area contributed by atoms with Crippen molar-refractivity contribution in [3.05, 3.63) is 28.2 Å². The zero-order valence-corrected chi connectivity index (χ0v) is 12.6. The topological polar surface area (TPSA) is 110 Å². The van der Waals surface area contributed by atoms with Gasteiger partial charge in [0.2, 0.25) is 11.7 Å².